The summed E-state index contributed by atoms with van der Waals surface area (Å²) >= 11 is 1.40. The van der Waals surface area contributed by atoms with Gasteiger partial charge in [-0.1, -0.05) is 35.9 Å². The van der Waals surface area contributed by atoms with Gasteiger partial charge in [0.05, 0.1) is 10.6 Å². The fourth-order valence-electron chi connectivity index (χ4n) is 2.36. The van der Waals surface area contributed by atoms with E-state index in [9.17, 15) is 9.59 Å². The van der Waals surface area contributed by atoms with Gasteiger partial charge in [-0.25, -0.2) is 5.43 Å². The summed E-state index contributed by atoms with van der Waals surface area (Å²) in [4.78, 5) is 24.8. The Morgan fingerprint density at radius 2 is 1.56 bits per heavy atom. The molecule has 0 aliphatic carbocycles. The Bertz CT molecular complexity index is 960. The first kappa shape index (κ1) is 18.5. The number of aryl methyl sites for hydroxylation is 1. The molecule has 0 saturated carbocycles. The van der Waals surface area contributed by atoms with Gasteiger partial charge < -0.3 is 5.32 Å². The molecule has 136 valence electrons. The highest BCUT2D eigenvalue weighted by Crippen LogP contribution is 2.14. The number of hydrazone groups is 1. The van der Waals surface area contributed by atoms with Gasteiger partial charge in [-0.2, -0.15) is 5.10 Å². The van der Waals surface area contributed by atoms with E-state index in [0.29, 0.717) is 21.8 Å². The van der Waals surface area contributed by atoms with E-state index in [0.717, 1.165) is 11.1 Å². The van der Waals surface area contributed by atoms with Crippen molar-refractivity contribution < 1.29 is 9.59 Å². The molecule has 0 aliphatic heterocycles. The molecule has 0 saturated heterocycles. The van der Waals surface area contributed by atoms with Gasteiger partial charge in [-0.05, 0) is 55.1 Å². The van der Waals surface area contributed by atoms with Gasteiger partial charge in [0.15, 0.2) is 0 Å². The number of amides is 2. The van der Waals surface area contributed by atoms with Crippen molar-refractivity contribution in [3.05, 3.63) is 87.6 Å². The molecule has 1 aromatic heterocycles. The van der Waals surface area contributed by atoms with Crippen LogP contribution < -0.4 is 10.7 Å². The minimum atomic E-state index is -0.255. The maximum absolute atomic E-state index is 12.1. The molecule has 3 rings (SSSR count). The summed E-state index contributed by atoms with van der Waals surface area (Å²) in [6.07, 6.45) is 0. The lowest BCUT2D eigenvalue weighted by Gasteiger charge is -2.06. The number of rotatable bonds is 5. The van der Waals surface area contributed by atoms with Crippen molar-refractivity contribution in [3.63, 3.8) is 0 Å². The van der Waals surface area contributed by atoms with Crippen LogP contribution in [-0.2, 0) is 0 Å². The largest absolute Gasteiger partial charge is 0.321 e. The topological polar surface area (TPSA) is 70.6 Å². The van der Waals surface area contributed by atoms with Crippen LogP contribution in [0, 0.1) is 6.92 Å². The van der Waals surface area contributed by atoms with E-state index in [1.54, 1.807) is 18.2 Å². The van der Waals surface area contributed by atoms with E-state index in [1.807, 2.05) is 61.7 Å². The quantitative estimate of drug-likeness (QED) is 0.509. The van der Waals surface area contributed by atoms with Crippen molar-refractivity contribution in [2.75, 3.05) is 5.32 Å². The van der Waals surface area contributed by atoms with Gasteiger partial charge in [0, 0.05) is 11.3 Å². The number of carbonyl (C=O) groups excluding carboxylic acids is 2. The molecule has 0 aliphatic rings. The number of thiophene rings is 1. The Kier molecular flexibility index (Phi) is 5.78. The van der Waals surface area contributed by atoms with E-state index in [4.69, 9.17) is 0 Å². The molecule has 2 N–H and O–H groups in total. The summed E-state index contributed by atoms with van der Waals surface area (Å²) < 4.78 is 0. The van der Waals surface area contributed by atoms with Crippen molar-refractivity contribution in [1.82, 2.24) is 5.43 Å². The summed E-state index contributed by atoms with van der Waals surface area (Å²) in [6, 6.07) is 18.2. The van der Waals surface area contributed by atoms with E-state index < -0.39 is 0 Å². The lowest BCUT2D eigenvalue weighted by atomic mass is 10.1. The van der Waals surface area contributed by atoms with Gasteiger partial charge >= 0.3 is 0 Å². The third-order valence-corrected chi connectivity index (χ3v) is 4.81. The number of carbonyl (C=O) groups is 2. The van der Waals surface area contributed by atoms with Crippen LogP contribution in [0.3, 0.4) is 0 Å². The highest BCUT2D eigenvalue weighted by Gasteiger charge is 2.08. The first-order valence-electron chi connectivity index (χ1n) is 8.39. The fourth-order valence-corrected chi connectivity index (χ4v) is 2.98. The van der Waals surface area contributed by atoms with Gasteiger partial charge in [-0.3, -0.25) is 9.59 Å². The molecule has 0 spiro atoms. The lowest BCUT2D eigenvalue weighted by Crippen LogP contribution is -2.19. The third-order valence-electron chi connectivity index (χ3n) is 3.94. The van der Waals surface area contributed by atoms with E-state index >= 15 is 0 Å². The SMILES string of the molecule is CC(=NNC(=O)c1ccc(C)cc1)c1ccc(NC(=O)c2cccs2)cc1. The molecule has 1 heterocycles. The average molecular weight is 377 g/mol. The van der Waals surface area contributed by atoms with Crippen molar-refractivity contribution in [1.29, 1.82) is 0 Å². The van der Waals surface area contributed by atoms with Gasteiger partial charge in [0.25, 0.3) is 11.8 Å². The smallest absolute Gasteiger partial charge is 0.271 e. The zero-order valence-corrected chi connectivity index (χ0v) is 15.8. The standard InChI is InChI=1S/C21H19N3O2S/c1-14-5-7-17(8-6-14)20(25)24-23-15(2)16-9-11-18(12-10-16)22-21(26)19-4-3-13-27-19/h3-13H,1-2H3,(H,22,26)(H,24,25). The van der Waals surface area contributed by atoms with Crippen LogP contribution in [-0.4, -0.2) is 17.5 Å². The van der Waals surface area contributed by atoms with Crippen molar-refractivity contribution >= 4 is 34.6 Å². The van der Waals surface area contributed by atoms with Crippen LogP contribution in [0.4, 0.5) is 5.69 Å². The Hall–Kier alpha value is -3.25. The highest BCUT2D eigenvalue weighted by molar-refractivity contribution is 7.12. The molecule has 0 unspecified atom stereocenters. The second kappa shape index (κ2) is 8.42. The molecule has 0 bridgehead atoms. The van der Waals surface area contributed by atoms with Crippen LogP contribution in [0.1, 0.15) is 38.1 Å². The predicted octanol–water partition coefficient (Wildman–Crippen LogP) is 4.46. The number of hydrogen-bond donors (Lipinski definition) is 2. The van der Waals surface area contributed by atoms with Gasteiger partial charge in [0.2, 0.25) is 0 Å². The Morgan fingerprint density at radius 3 is 2.19 bits per heavy atom. The molecular formula is C21H19N3O2S. The van der Waals surface area contributed by atoms with Crippen LogP contribution in [0.2, 0.25) is 0 Å². The van der Waals surface area contributed by atoms with Gasteiger partial charge in [-0.15, -0.1) is 11.3 Å². The van der Waals surface area contributed by atoms with Crippen molar-refractivity contribution in [2.24, 2.45) is 5.10 Å². The number of benzene rings is 2. The number of nitrogens with zero attached hydrogens (tertiary/aromatic N) is 1. The third kappa shape index (κ3) is 4.89. The molecular weight excluding hydrogens is 358 g/mol. The first-order valence-corrected chi connectivity index (χ1v) is 9.27. The summed E-state index contributed by atoms with van der Waals surface area (Å²) in [5.74, 6) is -0.386. The molecule has 3 aromatic rings. The Balaban J connectivity index is 1.62. The van der Waals surface area contributed by atoms with Crippen LogP contribution in [0.5, 0.6) is 0 Å². The van der Waals surface area contributed by atoms with Crippen LogP contribution >= 0.6 is 11.3 Å². The molecule has 0 radical (unpaired) electrons. The summed E-state index contributed by atoms with van der Waals surface area (Å²) in [6.45, 7) is 3.78. The molecule has 6 heteroatoms. The summed E-state index contributed by atoms with van der Waals surface area (Å²) in [7, 11) is 0. The normalized spacial score (nSPS) is 11.1. The Labute approximate surface area is 161 Å². The molecule has 5 nitrogen and oxygen atoms in total. The lowest BCUT2D eigenvalue weighted by molar-refractivity contribution is 0.0954. The fraction of sp³-hybridized carbons (Fsp3) is 0.0952. The second-order valence-electron chi connectivity index (χ2n) is 6.01. The van der Waals surface area contributed by atoms with Gasteiger partial charge in [0.1, 0.15) is 0 Å². The van der Waals surface area contributed by atoms with E-state index in [1.165, 1.54) is 11.3 Å². The van der Waals surface area contributed by atoms with E-state index in [-0.39, 0.29) is 11.8 Å². The summed E-state index contributed by atoms with van der Waals surface area (Å²) in [5, 5.41) is 8.87. The predicted molar refractivity (Wildman–Crippen MR) is 110 cm³/mol. The van der Waals surface area contributed by atoms with Crippen molar-refractivity contribution in [3.8, 4) is 0 Å². The maximum atomic E-state index is 12.1. The van der Waals surface area contributed by atoms with Crippen LogP contribution in [0.25, 0.3) is 0 Å². The van der Waals surface area contributed by atoms with E-state index in [2.05, 4.69) is 15.8 Å². The van der Waals surface area contributed by atoms with Crippen LogP contribution in [0.15, 0.2) is 71.1 Å². The average Bonchev–Trinajstić information content (AvgIpc) is 3.22. The molecule has 2 aromatic carbocycles. The number of anilines is 1. The first-order chi connectivity index (χ1) is 13.0. The monoisotopic (exact) mass is 377 g/mol. The zero-order valence-electron chi connectivity index (χ0n) is 15.0. The molecule has 0 atom stereocenters. The molecule has 2 amide bonds. The zero-order chi connectivity index (χ0) is 19.2. The summed E-state index contributed by atoms with van der Waals surface area (Å²) in [5.41, 5.74) is 6.45. The highest BCUT2D eigenvalue weighted by atomic mass is 32.1. The second-order valence-corrected chi connectivity index (χ2v) is 6.96. The number of hydrogen-bond acceptors (Lipinski definition) is 4. The van der Waals surface area contributed by atoms with Crippen molar-refractivity contribution in [2.45, 2.75) is 13.8 Å². The molecule has 27 heavy (non-hydrogen) atoms. The molecule has 0 fully saturated rings. The Morgan fingerprint density at radius 1 is 0.889 bits per heavy atom. The minimum absolute atomic E-state index is 0.131. The minimum Gasteiger partial charge on any atom is -0.321 e. The maximum Gasteiger partial charge on any atom is 0.271 e. The number of nitrogens with one attached hydrogen (secondary N) is 2.